The minimum Gasteiger partial charge on any atom is -0.472 e. The number of hydrogen-bond acceptors (Lipinski definition) is 2. The number of allylic oxidation sites excluding steroid dienone is 8. The summed E-state index contributed by atoms with van der Waals surface area (Å²) in [4.78, 5) is 11.3. The van der Waals surface area contributed by atoms with Crippen molar-refractivity contribution in [3.63, 3.8) is 0 Å². The van der Waals surface area contributed by atoms with Gasteiger partial charge in [0, 0.05) is 11.1 Å². The molecule has 2 heteroatoms. The summed E-state index contributed by atoms with van der Waals surface area (Å²) in [6.07, 6.45) is 20.1. The van der Waals surface area contributed by atoms with Gasteiger partial charge >= 0.3 is 0 Å². The highest BCUT2D eigenvalue weighted by Gasteiger charge is 2.35. The molecular weight excluding hydrogens is 500 g/mol. The molecule has 1 aliphatic carbocycles. The zero-order chi connectivity index (χ0) is 30.8. The van der Waals surface area contributed by atoms with Crippen molar-refractivity contribution < 1.29 is 9.53 Å². The highest BCUT2D eigenvalue weighted by atomic mass is 16.5. The van der Waals surface area contributed by atoms with E-state index in [1.165, 1.54) is 38.3 Å². The lowest BCUT2D eigenvalue weighted by Crippen LogP contribution is -2.38. The fraction of sp³-hybridized carbons (Fsp3) is 0.513. The Hall–Kier alpha value is -2.87. The van der Waals surface area contributed by atoms with E-state index in [1.807, 2.05) is 24.7 Å². The van der Waals surface area contributed by atoms with Crippen LogP contribution in [-0.2, 0) is 20.4 Å². The second-order valence-corrected chi connectivity index (χ2v) is 15.8. The Labute approximate surface area is 250 Å². The zero-order valence-electron chi connectivity index (χ0n) is 27.9. The van der Waals surface area contributed by atoms with E-state index in [1.54, 1.807) is 12.2 Å². The molecule has 1 aromatic carbocycles. The predicted molar refractivity (Wildman–Crippen MR) is 177 cm³/mol. The van der Waals surface area contributed by atoms with Crippen LogP contribution in [0.2, 0.25) is 0 Å². The first kappa shape index (κ1) is 32.6. The molecule has 0 saturated heterocycles. The summed E-state index contributed by atoms with van der Waals surface area (Å²) in [6, 6.07) is 4.90. The van der Waals surface area contributed by atoms with Crippen LogP contribution in [0.25, 0.3) is 11.6 Å². The standard InChI is InChI=1S/C39H54O2/c1-36(2,3)30-23-28(18-16-14-13-15-17-27-19-21-29(40)22-20-27)24-31(37(4,5)6)34(30)35-32(38(7,8)9)25-41-26-33(35)39(10,11)12/h17-26H,13-16H2,1-12H3. The fourth-order valence-electron chi connectivity index (χ4n) is 5.47. The molecule has 1 aromatic rings. The van der Waals surface area contributed by atoms with Crippen LogP contribution in [0.15, 0.2) is 71.8 Å². The van der Waals surface area contributed by atoms with Crippen molar-refractivity contribution in [3.05, 3.63) is 93.3 Å². The Morgan fingerprint density at radius 1 is 0.610 bits per heavy atom. The second-order valence-electron chi connectivity index (χ2n) is 15.8. The molecule has 0 bridgehead atoms. The molecule has 41 heavy (non-hydrogen) atoms. The molecular formula is C39H54O2. The van der Waals surface area contributed by atoms with Crippen molar-refractivity contribution in [1.29, 1.82) is 0 Å². The average Bonchev–Trinajstić information content (AvgIpc) is 2.84. The topological polar surface area (TPSA) is 26.3 Å². The minimum atomic E-state index is -0.0662. The molecule has 0 aromatic heterocycles. The molecule has 0 atom stereocenters. The molecule has 0 spiro atoms. The number of ether oxygens (including phenoxy) is 1. The van der Waals surface area contributed by atoms with Gasteiger partial charge in [-0.05, 0) is 92.2 Å². The van der Waals surface area contributed by atoms with Crippen molar-refractivity contribution in [2.45, 2.75) is 120 Å². The lowest BCUT2D eigenvalue weighted by Gasteiger charge is -2.37. The molecule has 3 rings (SSSR count). The molecule has 0 radical (unpaired) electrons. The van der Waals surface area contributed by atoms with E-state index in [-0.39, 0.29) is 27.4 Å². The summed E-state index contributed by atoms with van der Waals surface area (Å²) in [5.74, 6) is 0.0681. The average molecular weight is 555 g/mol. The van der Waals surface area contributed by atoms with Crippen LogP contribution in [0.1, 0.15) is 120 Å². The van der Waals surface area contributed by atoms with Gasteiger partial charge < -0.3 is 4.74 Å². The summed E-state index contributed by atoms with van der Waals surface area (Å²) >= 11 is 0. The summed E-state index contributed by atoms with van der Waals surface area (Å²) < 4.78 is 6.03. The lowest BCUT2D eigenvalue weighted by molar-refractivity contribution is -0.110. The highest BCUT2D eigenvalue weighted by molar-refractivity contribution is 6.01. The molecule has 2 aliphatic rings. The van der Waals surface area contributed by atoms with Crippen molar-refractivity contribution in [3.8, 4) is 0 Å². The van der Waals surface area contributed by atoms with Crippen molar-refractivity contribution in [1.82, 2.24) is 0 Å². The summed E-state index contributed by atoms with van der Waals surface area (Å²) in [6.45, 7) is 27.8. The van der Waals surface area contributed by atoms with E-state index in [2.05, 4.69) is 107 Å². The van der Waals surface area contributed by atoms with Gasteiger partial charge in [-0.1, -0.05) is 120 Å². The van der Waals surface area contributed by atoms with Crippen LogP contribution in [0.3, 0.4) is 0 Å². The number of carbonyl (C=O) groups excluding carboxylic acids is 1. The van der Waals surface area contributed by atoms with Gasteiger partial charge in [0.15, 0.2) is 5.78 Å². The number of benzene rings is 1. The van der Waals surface area contributed by atoms with Gasteiger partial charge in [-0.15, -0.1) is 0 Å². The Balaban J connectivity index is 2.16. The normalized spacial score (nSPS) is 16.4. The number of hydrogen-bond donors (Lipinski definition) is 0. The molecule has 0 fully saturated rings. The van der Waals surface area contributed by atoms with Crippen molar-refractivity contribution in [2.75, 3.05) is 0 Å². The fourth-order valence-corrected chi connectivity index (χ4v) is 5.47. The Morgan fingerprint density at radius 2 is 1.05 bits per heavy atom. The van der Waals surface area contributed by atoms with Gasteiger partial charge in [0.2, 0.25) is 0 Å². The van der Waals surface area contributed by atoms with E-state index in [4.69, 9.17) is 4.74 Å². The summed E-state index contributed by atoms with van der Waals surface area (Å²) in [5, 5.41) is 2.69. The quantitative estimate of drug-likeness (QED) is 0.339. The van der Waals surface area contributed by atoms with E-state index in [0.717, 1.165) is 31.3 Å². The molecule has 222 valence electrons. The van der Waals surface area contributed by atoms with E-state index in [0.29, 0.717) is 0 Å². The Kier molecular flexibility index (Phi) is 9.68. The Bertz CT molecular complexity index is 1330. The van der Waals surface area contributed by atoms with Crippen LogP contribution < -0.4 is 10.4 Å². The third-order valence-electron chi connectivity index (χ3n) is 7.85. The van der Waals surface area contributed by atoms with E-state index < -0.39 is 0 Å². The molecule has 2 nitrogen and oxygen atoms in total. The lowest BCUT2D eigenvalue weighted by atomic mass is 9.69. The number of carbonyl (C=O) groups is 1. The van der Waals surface area contributed by atoms with Crippen LogP contribution >= 0.6 is 0 Å². The molecule has 0 N–H and O–H groups in total. The molecule has 0 unspecified atom stereocenters. The van der Waals surface area contributed by atoms with Crippen LogP contribution in [0.5, 0.6) is 0 Å². The van der Waals surface area contributed by atoms with Gasteiger partial charge in [0.1, 0.15) is 0 Å². The minimum absolute atomic E-state index is 0.0366. The van der Waals surface area contributed by atoms with Gasteiger partial charge in [-0.2, -0.15) is 0 Å². The van der Waals surface area contributed by atoms with Gasteiger partial charge in [0.25, 0.3) is 0 Å². The number of ketones is 1. The van der Waals surface area contributed by atoms with E-state index in [9.17, 15) is 4.79 Å². The van der Waals surface area contributed by atoms with Crippen LogP contribution in [0.4, 0.5) is 0 Å². The first-order valence-electron chi connectivity index (χ1n) is 15.4. The first-order valence-corrected chi connectivity index (χ1v) is 15.4. The predicted octanol–water partition coefficient (Wildman–Crippen LogP) is 9.28. The monoisotopic (exact) mass is 554 g/mol. The van der Waals surface area contributed by atoms with E-state index >= 15 is 0 Å². The van der Waals surface area contributed by atoms with Gasteiger partial charge in [-0.25, -0.2) is 0 Å². The summed E-state index contributed by atoms with van der Waals surface area (Å²) in [7, 11) is 0. The SMILES string of the molecule is CC(C)(C)C1=COC=C(C(C)(C)C)C1=c1c(C(C)(C)C)cc(=CCCCCC=C2C=CC(=O)C=C2)cc1C(C)(C)C. The summed E-state index contributed by atoms with van der Waals surface area (Å²) in [5.41, 5.74) is 7.59. The largest absolute Gasteiger partial charge is 0.472 e. The third kappa shape index (κ3) is 8.34. The van der Waals surface area contributed by atoms with Crippen LogP contribution in [0, 0.1) is 10.8 Å². The second kappa shape index (κ2) is 12.2. The molecule has 0 saturated carbocycles. The maximum atomic E-state index is 11.3. The number of unbranched alkanes of at least 4 members (excludes halogenated alkanes) is 3. The Morgan fingerprint density at radius 3 is 1.46 bits per heavy atom. The van der Waals surface area contributed by atoms with Crippen LogP contribution in [-0.4, -0.2) is 5.78 Å². The first-order chi connectivity index (χ1) is 18.8. The van der Waals surface area contributed by atoms with Crippen molar-refractivity contribution >= 4 is 17.4 Å². The highest BCUT2D eigenvalue weighted by Crippen LogP contribution is 2.45. The molecule has 0 amide bonds. The molecule has 1 aliphatic heterocycles. The smallest absolute Gasteiger partial charge is 0.178 e. The van der Waals surface area contributed by atoms with Gasteiger partial charge in [0.05, 0.1) is 12.5 Å². The van der Waals surface area contributed by atoms with Crippen molar-refractivity contribution in [2.24, 2.45) is 10.8 Å². The maximum absolute atomic E-state index is 11.3. The maximum Gasteiger partial charge on any atom is 0.178 e. The zero-order valence-corrected chi connectivity index (χ0v) is 27.9. The number of rotatable bonds is 5. The third-order valence-corrected chi connectivity index (χ3v) is 7.85. The molecule has 1 heterocycles. The van der Waals surface area contributed by atoms with Gasteiger partial charge in [-0.3, -0.25) is 4.79 Å².